The highest BCUT2D eigenvalue weighted by Crippen LogP contribution is 2.28. The van der Waals surface area contributed by atoms with Crippen molar-refractivity contribution < 1.29 is 17.9 Å². The van der Waals surface area contributed by atoms with Crippen LogP contribution in [0.5, 0.6) is 11.5 Å². The smallest absolute Gasteiger partial charge is 0.243 e. The number of pyridine rings is 1. The van der Waals surface area contributed by atoms with E-state index in [0.717, 1.165) is 32.1 Å². The maximum absolute atomic E-state index is 13.3. The molecule has 1 aliphatic carbocycles. The second-order valence-electron chi connectivity index (χ2n) is 8.31. The van der Waals surface area contributed by atoms with Crippen LogP contribution in [-0.4, -0.2) is 42.7 Å². The second kappa shape index (κ2) is 9.78. The van der Waals surface area contributed by atoms with Crippen LogP contribution in [0, 0.1) is 5.92 Å². The highest BCUT2D eigenvalue weighted by atomic mass is 32.2. The Kier molecular flexibility index (Phi) is 6.87. The Bertz CT molecular complexity index is 991. The van der Waals surface area contributed by atoms with Crippen LogP contribution in [0.2, 0.25) is 0 Å². The van der Waals surface area contributed by atoms with Gasteiger partial charge in [-0.3, -0.25) is 9.78 Å². The van der Waals surface area contributed by atoms with Crippen molar-refractivity contribution in [3.63, 3.8) is 0 Å². The number of sulfonamides is 1. The molecule has 0 radical (unpaired) electrons. The second-order valence-corrected chi connectivity index (χ2v) is 10.2. The van der Waals surface area contributed by atoms with Crippen molar-refractivity contribution in [2.24, 2.45) is 5.92 Å². The van der Waals surface area contributed by atoms with Crippen molar-refractivity contribution >= 4 is 15.9 Å². The number of ether oxygens (including phenoxy) is 1. The summed E-state index contributed by atoms with van der Waals surface area (Å²) in [6.45, 7) is 0.640. The van der Waals surface area contributed by atoms with Gasteiger partial charge in [0.2, 0.25) is 15.9 Å². The SMILES string of the molecule is O=C(NC1CCCCC1)C1CCCN(S(=O)(=O)c2cccc(Oc3ccncc3)c2)C1. The molecule has 1 saturated heterocycles. The molecular weight excluding hydrogens is 414 g/mol. The Labute approximate surface area is 183 Å². The number of hydrogen-bond acceptors (Lipinski definition) is 5. The Morgan fingerprint density at radius 3 is 2.55 bits per heavy atom. The van der Waals surface area contributed by atoms with Crippen molar-refractivity contribution in [2.75, 3.05) is 13.1 Å². The van der Waals surface area contributed by atoms with Crippen LogP contribution >= 0.6 is 0 Å². The lowest BCUT2D eigenvalue weighted by Gasteiger charge is -2.32. The van der Waals surface area contributed by atoms with E-state index in [1.54, 1.807) is 42.7 Å². The summed E-state index contributed by atoms with van der Waals surface area (Å²) >= 11 is 0. The maximum Gasteiger partial charge on any atom is 0.243 e. The first-order chi connectivity index (χ1) is 15.0. The lowest BCUT2D eigenvalue weighted by atomic mass is 9.93. The van der Waals surface area contributed by atoms with E-state index in [-0.39, 0.29) is 29.3 Å². The van der Waals surface area contributed by atoms with Gasteiger partial charge in [0, 0.05) is 37.6 Å². The maximum atomic E-state index is 13.3. The Morgan fingerprint density at radius 2 is 1.77 bits per heavy atom. The molecule has 1 aromatic heterocycles. The van der Waals surface area contributed by atoms with E-state index in [2.05, 4.69) is 10.3 Å². The van der Waals surface area contributed by atoms with Crippen molar-refractivity contribution in [1.82, 2.24) is 14.6 Å². The molecule has 1 atom stereocenters. The number of nitrogens with zero attached hydrogens (tertiary/aromatic N) is 2. The molecule has 166 valence electrons. The van der Waals surface area contributed by atoms with Gasteiger partial charge in [0.1, 0.15) is 11.5 Å². The van der Waals surface area contributed by atoms with Crippen molar-refractivity contribution in [1.29, 1.82) is 0 Å². The minimum absolute atomic E-state index is 0.0124. The molecule has 1 aliphatic heterocycles. The summed E-state index contributed by atoms with van der Waals surface area (Å²) in [6.07, 6.45) is 10.2. The Balaban J connectivity index is 1.44. The molecule has 2 aliphatic rings. The number of carbonyl (C=O) groups excluding carboxylic acids is 1. The van der Waals surface area contributed by atoms with Gasteiger partial charge in [-0.05, 0) is 49.9 Å². The highest BCUT2D eigenvalue weighted by molar-refractivity contribution is 7.89. The van der Waals surface area contributed by atoms with Crippen LogP contribution in [0.25, 0.3) is 0 Å². The van der Waals surface area contributed by atoms with E-state index in [9.17, 15) is 13.2 Å². The number of piperidine rings is 1. The summed E-state index contributed by atoms with van der Waals surface area (Å²) in [7, 11) is -3.72. The summed E-state index contributed by atoms with van der Waals surface area (Å²) < 4.78 is 33.8. The first-order valence-electron chi connectivity index (χ1n) is 11.0. The third kappa shape index (κ3) is 5.43. The molecule has 4 rings (SSSR count). The average molecular weight is 444 g/mol. The molecule has 7 nitrogen and oxygen atoms in total. The predicted octanol–water partition coefficient (Wildman–Crippen LogP) is 3.72. The highest BCUT2D eigenvalue weighted by Gasteiger charge is 2.34. The van der Waals surface area contributed by atoms with Gasteiger partial charge < -0.3 is 10.1 Å². The van der Waals surface area contributed by atoms with Crippen LogP contribution in [0.4, 0.5) is 0 Å². The van der Waals surface area contributed by atoms with Crippen molar-refractivity contribution in [2.45, 2.75) is 55.9 Å². The topological polar surface area (TPSA) is 88.6 Å². The monoisotopic (exact) mass is 443 g/mol. The van der Waals surface area contributed by atoms with Crippen molar-refractivity contribution in [3.05, 3.63) is 48.8 Å². The fourth-order valence-electron chi connectivity index (χ4n) is 4.33. The third-order valence-corrected chi connectivity index (χ3v) is 7.90. The number of hydrogen-bond donors (Lipinski definition) is 1. The minimum atomic E-state index is -3.72. The van der Waals surface area contributed by atoms with Gasteiger partial charge in [-0.2, -0.15) is 4.31 Å². The molecule has 1 amide bonds. The summed E-state index contributed by atoms with van der Waals surface area (Å²) in [5.41, 5.74) is 0. The molecule has 2 fully saturated rings. The fourth-order valence-corrected chi connectivity index (χ4v) is 5.89. The van der Waals surface area contributed by atoms with Gasteiger partial charge in [-0.1, -0.05) is 25.3 Å². The van der Waals surface area contributed by atoms with E-state index in [0.29, 0.717) is 24.5 Å². The molecule has 2 aromatic rings. The van der Waals surface area contributed by atoms with Crippen LogP contribution < -0.4 is 10.1 Å². The lowest BCUT2D eigenvalue weighted by molar-refractivity contribution is -0.127. The van der Waals surface area contributed by atoms with E-state index in [1.807, 2.05) is 0 Å². The minimum Gasteiger partial charge on any atom is -0.457 e. The fraction of sp³-hybridized carbons (Fsp3) is 0.478. The molecule has 1 unspecified atom stereocenters. The zero-order valence-electron chi connectivity index (χ0n) is 17.6. The number of aromatic nitrogens is 1. The first-order valence-corrected chi connectivity index (χ1v) is 12.4. The molecule has 1 saturated carbocycles. The number of carbonyl (C=O) groups is 1. The van der Waals surface area contributed by atoms with Gasteiger partial charge in [0.15, 0.2) is 0 Å². The number of benzene rings is 1. The summed E-state index contributed by atoms with van der Waals surface area (Å²) in [4.78, 5) is 16.9. The van der Waals surface area contributed by atoms with Crippen LogP contribution in [0.1, 0.15) is 44.9 Å². The Morgan fingerprint density at radius 1 is 1.00 bits per heavy atom. The van der Waals surface area contributed by atoms with Gasteiger partial charge in [0.05, 0.1) is 10.8 Å². The van der Waals surface area contributed by atoms with E-state index in [4.69, 9.17) is 4.74 Å². The molecular formula is C23H29N3O4S. The third-order valence-electron chi connectivity index (χ3n) is 6.04. The molecule has 0 spiro atoms. The lowest BCUT2D eigenvalue weighted by Crippen LogP contribution is -2.47. The molecule has 0 bridgehead atoms. The quantitative estimate of drug-likeness (QED) is 0.735. The number of rotatable bonds is 6. The summed E-state index contributed by atoms with van der Waals surface area (Å²) in [5, 5.41) is 3.15. The van der Waals surface area contributed by atoms with Gasteiger partial charge >= 0.3 is 0 Å². The first kappa shape index (κ1) is 21.8. The van der Waals surface area contributed by atoms with Gasteiger partial charge in [-0.25, -0.2) is 8.42 Å². The average Bonchev–Trinajstić information content (AvgIpc) is 2.81. The molecule has 31 heavy (non-hydrogen) atoms. The zero-order valence-corrected chi connectivity index (χ0v) is 18.4. The van der Waals surface area contributed by atoms with Crippen LogP contribution in [-0.2, 0) is 14.8 Å². The normalized spacial score (nSPS) is 20.8. The largest absolute Gasteiger partial charge is 0.457 e. The van der Waals surface area contributed by atoms with Gasteiger partial charge in [-0.15, -0.1) is 0 Å². The van der Waals surface area contributed by atoms with Crippen molar-refractivity contribution in [3.8, 4) is 11.5 Å². The predicted molar refractivity (Wildman–Crippen MR) is 117 cm³/mol. The Hall–Kier alpha value is -2.45. The molecule has 1 aromatic carbocycles. The van der Waals surface area contributed by atoms with Gasteiger partial charge in [0.25, 0.3) is 0 Å². The summed E-state index contributed by atoms with van der Waals surface area (Å²) in [5.74, 6) is 0.709. The van der Waals surface area contributed by atoms with E-state index >= 15 is 0 Å². The van der Waals surface area contributed by atoms with Crippen LogP contribution in [0.3, 0.4) is 0 Å². The molecule has 1 N–H and O–H groups in total. The van der Waals surface area contributed by atoms with E-state index in [1.165, 1.54) is 16.8 Å². The van der Waals surface area contributed by atoms with E-state index < -0.39 is 10.0 Å². The summed E-state index contributed by atoms with van der Waals surface area (Å²) in [6, 6.07) is 10.1. The standard InChI is InChI=1S/C23H29N3O4S/c27-23(25-19-7-2-1-3-8-19)18-6-5-15-26(17-18)31(28,29)22-10-4-9-21(16-22)30-20-11-13-24-14-12-20/h4,9-14,16,18-19H,1-3,5-8,15,17H2,(H,25,27). The zero-order chi connectivity index (χ0) is 21.7. The number of nitrogens with one attached hydrogen (secondary N) is 1. The molecule has 8 heteroatoms. The number of amides is 1. The molecule has 2 heterocycles. The van der Waals surface area contributed by atoms with Crippen LogP contribution in [0.15, 0.2) is 53.7 Å².